The van der Waals surface area contributed by atoms with E-state index < -0.39 is 10.0 Å². The first-order valence-corrected chi connectivity index (χ1v) is 8.70. The van der Waals surface area contributed by atoms with Gasteiger partial charge < -0.3 is 0 Å². The first kappa shape index (κ1) is 15.5. The summed E-state index contributed by atoms with van der Waals surface area (Å²) in [4.78, 5) is 4.11. The molecule has 0 saturated heterocycles. The maximum absolute atomic E-state index is 12.4. The van der Waals surface area contributed by atoms with Crippen molar-refractivity contribution in [3.63, 3.8) is 0 Å². The highest BCUT2D eigenvalue weighted by molar-refractivity contribution is 7.92. The number of rotatable bonds is 4. The molecular weight excluding hydrogens is 332 g/mol. The van der Waals surface area contributed by atoms with Gasteiger partial charge in [-0.1, -0.05) is 54.1 Å². The molecule has 0 fully saturated rings. The van der Waals surface area contributed by atoms with E-state index in [1.165, 1.54) is 12.3 Å². The number of nitrogens with one attached hydrogen (secondary N) is 1. The second kappa shape index (κ2) is 6.40. The fourth-order valence-corrected chi connectivity index (χ4v) is 3.21. The van der Waals surface area contributed by atoms with E-state index in [9.17, 15) is 8.42 Å². The summed E-state index contributed by atoms with van der Waals surface area (Å²) in [6.45, 7) is 0. The molecule has 0 aliphatic carbocycles. The minimum atomic E-state index is -3.68. The third-order valence-corrected chi connectivity index (χ3v) is 4.83. The smallest absolute Gasteiger partial charge is 0.263 e. The van der Waals surface area contributed by atoms with Crippen LogP contribution in [0.3, 0.4) is 0 Å². The lowest BCUT2D eigenvalue weighted by atomic mass is 10.1. The van der Waals surface area contributed by atoms with Crippen LogP contribution >= 0.6 is 11.6 Å². The number of pyridine rings is 1. The standard InChI is InChI=1S/C17H13ClN2O2S/c18-15-8-11-17(19-12-15)20-23(21,22)16-9-6-14(7-10-16)13-4-2-1-3-5-13/h1-12H,(H,19,20). The quantitative estimate of drug-likeness (QED) is 0.771. The lowest BCUT2D eigenvalue weighted by Gasteiger charge is -2.08. The SMILES string of the molecule is O=S(=O)(Nc1ccc(Cl)cn1)c1ccc(-c2ccccc2)cc1. The molecule has 1 aromatic heterocycles. The van der Waals surface area contributed by atoms with E-state index in [1.807, 2.05) is 30.3 Å². The summed E-state index contributed by atoms with van der Waals surface area (Å²) in [6.07, 6.45) is 1.39. The Labute approximate surface area is 139 Å². The van der Waals surface area contributed by atoms with E-state index in [4.69, 9.17) is 11.6 Å². The molecule has 1 N–H and O–H groups in total. The van der Waals surface area contributed by atoms with Crippen molar-refractivity contribution in [1.82, 2.24) is 4.98 Å². The van der Waals surface area contributed by atoms with Gasteiger partial charge in [0.15, 0.2) is 0 Å². The average molecular weight is 345 g/mol. The van der Waals surface area contributed by atoms with E-state index in [1.54, 1.807) is 30.3 Å². The van der Waals surface area contributed by atoms with Gasteiger partial charge in [-0.2, -0.15) is 0 Å². The molecule has 0 bridgehead atoms. The Morgan fingerprint density at radius 2 is 1.48 bits per heavy atom. The van der Waals surface area contributed by atoms with Crippen molar-refractivity contribution in [2.24, 2.45) is 0 Å². The van der Waals surface area contributed by atoms with Crippen LogP contribution in [0.4, 0.5) is 5.82 Å². The lowest BCUT2D eigenvalue weighted by Crippen LogP contribution is -2.13. The van der Waals surface area contributed by atoms with Crippen molar-refractivity contribution in [1.29, 1.82) is 0 Å². The molecule has 1 heterocycles. The maximum Gasteiger partial charge on any atom is 0.263 e. The fraction of sp³-hybridized carbons (Fsp3) is 0. The zero-order valence-electron chi connectivity index (χ0n) is 12.0. The van der Waals surface area contributed by atoms with Gasteiger partial charge in [-0.25, -0.2) is 13.4 Å². The van der Waals surface area contributed by atoms with E-state index in [0.717, 1.165) is 11.1 Å². The number of aromatic nitrogens is 1. The van der Waals surface area contributed by atoms with Gasteiger partial charge in [0.1, 0.15) is 5.82 Å². The molecule has 0 unspecified atom stereocenters. The monoisotopic (exact) mass is 344 g/mol. The Kier molecular flexibility index (Phi) is 4.32. The van der Waals surface area contributed by atoms with Crippen molar-refractivity contribution in [3.05, 3.63) is 77.9 Å². The molecule has 6 heteroatoms. The molecular formula is C17H13ClN2O2S. The summed E-state index contributed by atoms with van der Waals surface area (Å²) < 4.78 is 27.1. The minimum Gasteiger partial charge on any atom is -0.263 e. The van der Waals surface area contributed by atoms with Crippen LogP contribution in [0, 0.1) is 0 Å². The van der Waals surface area contributed by atoms with Gasteiger partial charge >= 0.3 is 0 Å². The third-order valence-electron chi connectivity index (χ3n) is 3.24. The fourth-order valence-electron chi connectivity index (χ4n) is 2.09. The predicted octanol–water partition coefficient (Wildman–Crippen LogP) is 4.20. The average Bonchev–Trinajstić information content (AvgIpc) is 2.58. The highest BCUT2D eigenvalue weighted by atomic mass is 35.5. The molecule has 0 spiro atoms. The first-order chi connectivity index (χ1) is 11.0. The lowest BCUT2D eigenvalue weighted by molar-refractivity contribution is 0.601. The van der Waals surface area contributed by atoms with E-state index in [2.05, 4.69) is 9.71 Å². The molecule has 0 aliphatic rings. The summed E-state index contributed by atoms with van der Waals surface area (Å²) in [5.74, 6) is 0.224. The first-order valence-electron chi connectivity index (χ1n) is 6.84. The van der Waals surface area contributed by atoms with Gasteiger partial charge in [-0.3, -0.25) is 4.72 Å². The number of benzene rings is 2. The van der Waals surface area contributed by atoms with Crippen molar-refractivity contribution in [2.45, 2.75) is 4.90 Å². The summed E-state index contributed by atoms with van der Waals surface area (Å²) in [7, 11) is -3.68. The maximum atomic E-state index is 12.4. The largest absolute Gasteiger partial charge is 0.263 e. The molecule has 0 aliphatic heterocycles. The zero-order chi connectivity index (χ0) is 16.3. The molecule has 3 rings (SSSR count). The van der Waals surface area contributed by atoms with Crippen molar-refractivity contribution in [3.8, 4) is 11.1 Å². The number of hydrogen-bond donors (Lipinski definition) is 1. The van der Waals surface area contributed by atoms with Crippen LogP contribution in [0.2, 0.25) is 5.02 Å². The molecule has 0 radical (unpaired) electrons. The highest BCUT2D eigenvalue weighted by Gasteiger charge is 2.14. The van der Waals surface area contributed by atoms with Gasteiger partial charge in [0.25, 0.3) is 10.0 Å². The van der Waals surface area contributed by atoms with Crippen molar-refractivity contribution in [2.75, 3.05) is 4.72 Å². The summed E-state index contributed by atoms with van der Waals surface area (Å²) in [6, 6.07) is 19.5. The van der Waals surface area contributed by atoms with Crippen LogP contribution in [0.25, 0.3) is 11.1 Å². The van der Waals surface area contributed by atoms with E-state index >= 15 is 0 Å². The summed E-state index contributed by atoms with van der Waals surface area (Å²) in [5.41, 5.74) is 1.98. The van der Waals surface area contributed by atoms with Gasteiger partial charge in [0.2, 0.25) is 0 Å². The van der Waals surface area contributed by atoms with Crippen LogP contribution in [0.15, 0.2) is 77.8 Å². The van der Waals surface area contributed by atoms with Crippen LogP contribution in [-0.4, -0.2) is 13.4 Å². The second-order valence-corrected chi connectivity index (χ2v) is 6.98. The Balaban J connectivity index is 1.84. The summed E-state index contributed by atoms with van der Waals surface area (Å²) >= 11 is 5.74. The molecule has 4 nitrogen and oxygen atoms in total. The Morgan fingerprint density at radius 3 is 2.09 bits per heavy atom. The number of anilines is 1. The molecule has 23 heavy (non-hydrogen) atoms. The number of sulfonamides is 1. The van der Waals surface area contributed by atoms with Crippen LogP contribution < -0.4 is 4.72 Å². The predicted molar refractivity (Wildman–Crippen MR) is 91.9 cm³/mol. The van der Waals surface area contributed by atoms with E-state index in [0.29, 0.717) is 5.02 Å². The molecule has 2 aromatic carbocycles. The number of nitrogens with zero attached hydrogens (tertiary/aromatic N) is 1. The van der Waals surface area contributed by atoms with Gasteiger partial charge in [0, 0.05) is 6.20 Å². The number of hydrogen-bond acceptors (Lipinski definition) is 3. The van der Waals surface area contributed by atoms with E-state index in [-0.39, 0.29) is 10.7 Å². The van der Waals surface area contributed by atoms with Crippen LogP contribution in [0.1, 0.15) is 0 Å². The zero-order valence-corrected chi connectivity index (χ0v) is 13.6. The van der Waals surface area contributed by atoms with Gasteiger partial charge in [0.05, 0.1) is 9.92 Å². The van der Waals surface area contributed by atoms with Crippen LogP contribution in [-0.2, 0) is 10.0 Å². The highest BCUT2D eigenvalue weighted by Crippen LogP contribution is 2.22. The third kappa shape index (κ3) is 3.70. The Hall–Kier alpha value is -2.37. The molecule has 0 saturated carbocycles. The Morgan fingerprint density at radius 1 is 0.826 bits per heavy atom. The topological polar surface area (TPSA) is 59.1 Å². The molecule has 0 atom stereocenters. The van der Waals surface area contributed by atoms with Crippen molar-refractivity contribution < 1.29 is 8.42 Å². The summed E-state index contributed by atoms with van der Waals surface area (Å²) in [5, 5.41) is 0.445. The van der Waals surface area contributed by atoms with Crippen LogP contribution in [0.5, 0.6) is 0 Å². The number of halogens is 1. The second-order valence-electron chi connectivity index (χ2n) is 4.86. The van der Waals surface area contributed by atoms with Gasteiger partial charge in [-0.05, 0) is 35.4 Å². The molecule has 0 amide bonds. The molecule has 116 valence electrons. The van der Waals surface area contributed by atoms with Crippen molar-refractivity contribution >= 4 is 27.4 Å². The minimum absolute atomic E-state index is 0.175. The normalized spacial score (nSPS) is 11.2. The van der Waals surface area contributed by atoms with Gasteiger partial charge in [-0.15, -0.1) is 0 Å². The molecule has 3 aromatic rings. The Bertz CT molecular complexity index is 894.